The average Bonchev–Trinajstić information content (AvgIpc) is 3.07. The SMILES string of the molecule is CCCC(CCI)CC1(C(=O)c2cc(Cl)c(Cl)s2)CCNC1. The van der Waals surface area contributed by atoms with Crippen molar-refractivity contribution in [1.29, 1.82) is 0 Å². The Hall–Kier alpha value is 0.640. The second-order valence-electron chi connectivity index (χ2n) is 6.11. The van der Waals surface area contributed by atoms with E-state index in [2.05, 4.69) is 34.8 Å². The zero-order chi connectivity index (χ0) is 16.2. The van der Waals surface area contributed by atoms with Crippen LogP contribution in [0.5, 0.6) is 0 Å². The summed E-state index contributed by atoms with van der Waals surface area (Å²) < 4.78 is 1.67. The second-order valence-corrected chi connectivity index (χ2v) is 9.25. The van der Waals surface area contributed by atoms with Crippen LogP contribution in [0.2, 0.25) is 9.36 Å². The molecule has 0 aliphatic carbocycles. The monoisotopic (exact) mass is 473 g/mol. The van der Waals surface area contributed by atoms with Gasteiger partial charge in [-0.05, 0) is 42.2 Å². The zero-order valence-electron chi connectivity index (χ0n) is 12.8. The molecule has 0 aromatic carbocycles. The van der Waals surface area contributed by atoms with Crippen molar-refractivity contribution in [3.05, 3.63) is 20.3 Å². The largest absolute Gasteiger partial charge is 0.316 e. The molecule has 1 saturated heterocycles. The van der Waals surface area contributed by atoms with E-state index in [4.69, 9.17) is 23.2 Å². The molecular weight excluding hydrogens is 452 g/mol. The smallest absolute Gasteiger partial charge is 0.180 e. The number of carbonyl (C=O) groups excluding carboxylic acids is 1. The van der Waals surface area contributed by atoms with Crippen LogP contribution in [0.25, 0.3) is 0 Å². The van der Waals surface area contributed by atoms with Crippen LogP contribution in [0.1, 0.15) is 48.7 Å². The lowest BCUT2D eigenvalue weighted by atomic mass is 9.73. The Morgan fingerprint density at radius 3 is 2.77 bits per heavy atom. The van der Waals surface area contributed by atoms with Gasteiger partial charge in [0.1, 0.15) is 4.34 Å². The van der Waals surface area contributed by atoms with E-state index in [1.807, 2.05) is 0 Å². The minimum absolute atomic E-state index is 0.228. The van der Waals surface area contributed by atoms with Crippen LogP contribution in [-0.2, 0) is 0 Å². The lowest BCUT2D eigenvalue weighted by Crippen LogP contribution is -2.35. The highest BCUT2D eigenvalue weighted by Gasteiger charge is 2.43. The molecule has 22 heavy (non-hydrogen) atoms. The molecule has 1 aromatic heterocycles. The fourth-order valence-corrected chi connectivity index (χ4v) is 5.70. The van der Waals surface area contributed by atoms with Crippen molar-refractivity contribution >= 4 is 62.9 Å². The van der Waals surface area contributed by atoms with Crippen LogP contribution in [0.15, 0.2) is 6.07 Å². The van der Waals surface area contributed by atoms with Crippen LogP contribution in [0, 0.1) is 11.3 Å². The van der Waals surface area contributed by atoms with Gasteiger partial charge in [-0.2, -0.15) is 0 Å². The lowest BCUT2D eigenvalue weighted by Gasteiger charge is -2.30. The third-order valence-electron chi connectivity index (χ3n) is 4.49. The third kappa shape index (κ3) is 4.38. The van der Waals surface area contributed by atoms with E-state index < -0.39 is 0 Å². The number of thiophene rings is 1. The van der Waals surface area contributed by atoms with Gasteiger partial charge in [-0.3, -0.25) is 4.79 Å². The summed E-state index contributed by atoms with van der Waals surface area (Å²) in [6.45, 7) is 3.92. The van der Waals surface area contributed by atoms with Crippen LogP contribution in [0.4, 0.5) is 0 Å². The summed E-state index contributed by atoms with van der Waals surface area (Å²) in [4.78, 5) is 13.8. The molecular formula is C16H22Cl2INOS. The predicted octanol–water partition coefficient (Wildman–Crippen LogP) is 5.85. The van der Waals surface area contributed by atoms with Crippen molar-refractivity contribution in [2.75, 3.05) is 17.5 Å². The Balaban J connectivity index is 2.21. The number of ketones is 1. The number of Topliss-reactive ketones (excluding diaryl/α,β-unsaturated/α-hetero) is 1. The number of hydrogen-bond donors (Lipinski definition) is 1. The molecule has 124 valence electrons. The van der Waals surface area contributed by atoms with E-state index in [-0.39, 0.29) is 11.2 Å². The molecule has 1 fully saturated rings. The molecule has 2 nitrogen and oxygen atoms in total. The number of nitrogens with one attached hydrogen (secondary N) is 1. The number of rotatable bonds is 8. The van der Waals surface area contributed by atoms with E-state index >= 15 is 0 Å². The molecule has 2 unspecified atom stereocenters. The van der Waals surface area contributed by atoms with Crippen LogP contribution >= 0.6 is 57.1 Å². The minimum Gasteiger partial charge on any atom is -0.316 e. The highest BCUT2D eigenvalue weighted by Crippen LogP contribution is 2.42. The summed E-state index contributed by atoms with van der Waals surface area (Å²) in [6, 6.07) is 1.74. The summed E-state index contributed by atoms with van der Waals surface area (Å²) >= 11 is 15.8. The third-order valence-corrected chi connectivity index (χ3v) is 6.98. The summed E-state index contributed by atoms with van der Waals surface area (Å²) in [5, 5.41) is 3.88. The van der Waals surface area contributed by atoms with Crippen molar-refractivity contribution in [3.8, 4) is 0 Å². The van der Waals surface area contributed by atoms with Gasteiger partial charge in [0.15, 0.2) is 5.78 Å². The van der Waals surface area contributed by atoms with Gasteiger partial charge < -0.3 is 5.32 Å². The lowest BCUT2D eigenvalue weighted by molar-refractivity contribution is 0.0773. The molecule has 1 aromatic rings. The molecule has 0 spiro atoms. The van der Waals surface area contributed by atoms with Gasteiger partial charge >= 0.3 is 0 Å². The first kappa shape index (κ1) is 19.0. The Morgan fingerprint density at radius 2 is 2.27 bits per heavy atom. The van der Waals surface area contributed by atoms with Crippen molar-refractivity contribution in [1.82, 2.24) is 5.32 Å². The molecule has 1 N–H and O–H groups in total. The molecule has 0 bridgehead atoms. The first-order valence-electron chi connectivity index (χ1n) is 7.78. The Labute approximate surface area is 160 Å². The normalized spacial score (nSPS) is 22.9. The summed E-state index contributed by atoms with van der Waals surface area (Å²) in [7, 11) is 0. The molecule has 1 aliphatic heterocycles. The standard InChI is InChI=1S/C16H22Cl2INOS/c1-2-3-11(4-6-19)9-16(5-7-20-10-16)14(21)13-8-12(17)15(18)22-13/h8,11,20H,2-7,9-10H2,1H3. The quantitative estimate of drug-likeness (QED) is 0.291. The van der Waals surface area contributed by atoms with E-state index in [0.29, 0.717) is 20.2 Å². The molecule has 0 amide bonds. The van der Waals surface area contributed by atoms with Crippen molar-refractivity contribution in [2.45, 2.75) is 39.0 Å². The van der Waals surface area contributed by atoms with E-state index in [1.165, 1.54) is 30.6 Å². The Bertz CT molecular complexity index is 489. The zero-order valence-corrected chi connectivity index (χ0v) is 17.2. The number of carbonyl (C=O) groups is 1. The van der Waals surface area contributed by atoms with E-state index in [1.54, 1.807) is 6.07 Å². The number of hydrogen-bond acceptors (Lipinski definition) is 3. The van der Waals surface area contributed by atoms with Crippen LogP contribution in [0.3, 0.4) is 0 Å². The van der Waals surface area contributed by atoms with Gasteiger partial charge in [-0.15, -0.1) is 11.3 Å². The Morgan fingerprint density at radius 1 is 1.50 bits per heavy atom. The maximum Gasteiger partial charge on any atom is 0.180 e. The highest BCUT2D eigenvalue weighted by atomic mass is 127. The average molecular weight is 474 g/mol. The second kappa shape index (κ2) is 8.65. The van der Waals surface area contributed by atoms with Crippen molar-refractivity contribution < 1.29 is 4.79 Å². The topological polar surface area (TPSA) is 29.1 Å². The fraction of sp³-hybridized carbons (Fsp3) is 0.688. The van der Waals surface area contributed by atoms with Gasteiger partial charge in [0.05, 0.1) is 9.90 Å². The van der Waals surface area contributed by atoms with Gasteiger partial charge in [0.25, 0.3) is 0 Å². The maximum atomic E-state index is 13.1. The van der Waals surface area contributed by atoms with Gasteiger partial charge in [0, 0.05) is 12.0 Å². The molecule has 2 rings (SSSR count). The first-order valence-corrected chi connectivity index (χ1v) is 10.9. The number of alkyl halides is 1. The van der Waals surface area contributed by atoms with Crippen LogP contribution in [-0.4, -0.2) is 23.3 Å². The Kier molecular flexibility index (Phi) is 7.46. The van der Waals surface area contributed by atoms with Gasteiger partial charge in [0.2, 0.25) is 0 Å². The molecule has 6 heteroatoms. The van der Waals surface area contributed by atoms with Crippen molar-refractivity contribution in [3.63, 3.8) is 0 Å². The predicted molar refractivity (Wildman–Crippen MR) is 105 cm³/mol. The fourth-order valence-electron chi connectivity index (χ4n) is 3.39. The molecule has 0 radical (unpaired) electrons. The van der Waals surface area contributed by atoms with Gasteiger partial charge in [-0.1, -0.05) is 65.6 Å². The molecule has 2 heterocycles. The maximum absolute atomic E-state index is 13.1. The van der Waals surface area contributed by atoms with Crippen LogP contribution < -0.4 is 5.32 Å². The summed E-state index contributed by atoms with van der Waals surface area (Å²) in [5.74, 6) is 0.850. The summed E-state index contributed by atoms with van der Waals surface area (Å²) in [6.07, 6.45) is 5.46. The van der Waals surface area contributed by atoms with Gasteiger partial charge in [-0.25, -0.2) is 0 Å². The molecule has 0 saturated carbocycles. The minimum atomic E-state index is -0.275. The first-order chi connectivity index (χ1) is 10.5. The molecule has 1 aliphatic rings. The number of halogens is 3. The molecule has 2 atom stereocenters. The van der Waals surface area contributed by atoms with Crippen molar-refractivity contribution in [2.24, 2.45) is 11.3 Å². The van der Waals surface area contributed by atoms with E-state index in [9.17, 15) is 4.79 Å². The highest BCUT2D eigenvalue weighted by molar-refractivity contribution is 14.1. The summed E-state index contributed by atoms with van der Waals surface area (Å²) in [5.41, 5.74) is -0.275. The van der Waals surface area contributed by atoms with E-state index in [0.717, 1.165) is 30.4 Å².